The number of halogens is 2. The van der Waals surface area contributed by atoms with E-state index in [-0.39, 0.29) is 12.4 Å². The zero-order valence-corrected chi connectivity index (χ0v) is 9.40. The van der Waals surface area contributed by atoms with Crippen LogP contribution in [0.1, 0.15) is 0 Å². The van der Waals surface area contributed by atoms with Gasteiger partial charge in [0.25, 0.3) is 0 Å². The summed E-state index contributed by atoms with van der Waals surface area (Å²) in [4.78, 5) is 0. The Hall–Kier alpha value is -0.690. The highest BCUT2D eigenvalue weighted by molar-refractivity contribution is 14.1. The van der Waals surface area contributed by atoms with Crippen molar-refractivity contribution in [2.24, 2.45) is 0 Å². The first kappa shape index (κ1) is 10.4. The van der Waals surface area contributed by atoms with Crippen LogP contribution < -0.4 is 17.1 Å². The topological polar surface area (TPSA) is 45.5 Å². The van der Waals surface area contributed by atoms with Crippen LogP contribution >= 0.6 is 22.6 Å². The molecule has 0 bridgehead atoms. The molecule has 0 fully saturated rings. The van der Waals surface area contributed by atoms with Crippen molar-refractivity contribution >= 4 is 22.6 Å². The highest BCUT2D eigenvalue weighted by Gasteiger charge is 2.10. The van der Waals surface area contributed by atoms with Crippen LogP contribution in [-0.4, -0.2) is 15.5 Å². The lowest BCUT2D eigenvalue weighted by molar-refractivity contribution is -0.673. The maximum atomic E-state index is 3.84. The van der Waals surface area contributed by atoms with Crippen LogP contribution in [-0.2, 0) is 0 Å². The summed E-state index contributed by atoms with van der Waals surface area (Å²) in [6.07, 6.45) is 0. The molecule has 0 unspecified atom stereocenters. The molecule has 1 aromatic carbocycles. The molecule has 6 heteroatoms. The Morgan fingerprint density at radius 2 is 1.92 bits per heavy atom. The minimum absolute atomic E-state index is 0. The lowest BCUT2D eigenvalue weighted by Crippen LogP contribution is -3.00. The van der Waals surface area contributed by atoms with Crippen LogP contribution in [0.3, 0.4) is 0 Å². The first-order valence-electron chi connectivity index (χ1n) is 3.42. The van der Waals surface area contributed by atoms with E-state index in [2.05, 4.69) is 38.1 Å². The molecule has 4 nitrogen and oxygen atoms in total. The van der Waals surface area contributed by atoms with Gasteiger partial charge in [0.05, 0.1) is 0 Å². The third-order valence-electron chi connectivity index (χ3n) is 1.48. The normalized spacial score (nSPS) is 9.31. The van der Waals surface area contributed by atoms with Gasteiger partial charge in [-0.2, -0.15) is 0 Å². The molecule has 0 saturated carbocycles. The summed E-state index contributed by atoms with van der Waals surface area (Å²) in [5.41, 5.74) is 1.03. The van der Waals surface area contributed by atoms with Gasteiger partial charge >= 0.3 is 3.83 Å². The minimum Gasteiger partial charge on any atom is -1.00 e. The number of hydrogen-bond acceptors (Lipinski definition) is 2. The molecule has 0 radical (unpaired) electrons. The van der Waals surface area contributed by atoms with Gasteiger partial charge in [-0.3, -0.25) is 0 Å². The number of aromatic nitrogens is 4. The second-order valence-corrected chi connectivity index (χ2v) is 3.20. The van der Waals surface area contributed by atoms with Crippen molar-refractivity contribution in [1.82, 2.24) is 15.5 Å². The van der Waals surface area contributed by atoms with E-state index < -0.39 is 0 Å². The predicted octanol–water partition coefficient (Wildman–Crippen LogP) is -2.31. The molecular weight excluding hydrogens is 302 g/mol. The van der Waals surface area contributed by atoms with Crippen molar-refractivity contribution in [2.75, 3.05) is 0 Å². The number of tetrazole rings is 1. The molecule has 1 aromatic heterocycles. The summed E-state index contributed by atoms with van der Waals surface area (Å²) in [5.74, 6) is 0. The Morgan fingerprint density at radius 3 is 2.46 bits per heavy atom. The van der Waals surface area contributed by atoms with E-state index in [1.807, 2.05) is 30.3 Å². The minimum atomic E-state index is 0. The highest BCUT2D eigenvalue weighted by atomic mass is 127. The number of hydrogen-bond donors (Lipinski definition) is 1. The summed E-state index contributed by atoms with van der Waals surface area (Å²) in [6.45, 7) is 0. The van der Waals surface area contributed by atoms with Gasteiger partial charge in [-0.05, 0) is 12.1 Å². The maximum Gasteiger partial charge on any atom is 0.365 e. The highest BCUT2D eigenvalue weighted by Crippen LogP contribution is 1.98. The van der Waals surface area contributed by atoms with Gasteiger partial charge in [0.15, 0.2) is 5.21 Å². The molecule has 68 valence electrons. The van der Waals surface area contributed by atoms with Crippen molar-refractivity contribution in [3.8, 4) is 5.69 Å². The Labute approximate surface area is 94.9 Å². The number of nitrogens with zero attached hydrogens (tertiary/aromatic N) is 3. The van der Waals surface area contributed by atoms with Gasteiger partial charge in [0.2, 0.25) is 0 Å². The molecule has 2 aromatic rings. The average Bonchev–Trinajstić information content (AvgIpc) is 2.53. The van der Waals surface area contributed by atoms with Gasteiger partial charge in [-0.1, -0.05) is 23.4 Å². The van der Waals surface area contributed by atoms with Gasteiger partial charge in [-0.15, -0.1) is 4.68 Å². The molecule has 0 aliphatic rings. The lowest BCUT2D eigenvalue weighted by atomic mass is 10.3. The van der Waals surface area contributed by atoms with E-state index in [0.29, 0.717) is 0 Å². The fraction of sp³-hybridized carbons (Fsp3) is 0. The smallest absolute Gasteiger partial charge is 0.365 e. The number of nitrogens with one attached hydrogen (secondary N) is 1. The molecule has 2 rings (SSSR count). The largest absolute Gasteiger partial charge is 1.00 e. The van der Waals surface area contributed by atoms with E-state index >= 15 is 0 Å². The van der Waals surface area contributed by atoms with Crippen molar-refractivity contribution < 1.29 is 17.1 Å². The van der Waals surface area contributed by atoms with Gasteiger partial charge in [0.1, 0.15) is 10.8 Å². The summed E-state index contributed by atoms with van der Waals surface area (Å²) in [7, 11) is 0. The Bertz CT molecular complexity index is 375. The number of benzene rings is 1. The monoisotopic (exact) mass is 308 g/mol. The number of para-hydroxylation sites is 1. The summed E-state index contributed by atoms with van der Waals surface area (Å²) in [6, 6.07) is 9.89. The van der Waals surface area contributed by atoms with Crippen LogP contribution in [0.2, 0.25) is 0 Å². The molecule has 1 heterocycles. The Balaban J connectivity index is 0.000000845. The lowest BCUT2D eigenvalue weighted by Gasteiger charge is -1.92. The first-order valence-corrected chi connectivity index (χ1v) is 4.50. The van der Waals surface area contributed by atoms with Crippen LogP contribution in [0.15, 0.2) is 30.3 Å². The van der Waals surface area contributed by atoms with E-state index in [1.165, 1.54) is 0 Å². The van der Waals surface area contributed by atoms with Crippen molar-refractivity contribution in [2.45, 2.75) is 0 Å². The van der Waals surface area contributed by atoms with Crippen LogP contribution in [0.4, 0.5) is 0 Å². The zero-order valence-electron chi connectivity index (χ0n) is 6.48. The molecule has 0 spiro atoms. The zero-order chi connectivity index (χ0) is 8.39. The molecule has 0 atom stereocenters. The van der Waals surface area contributed by atoms with Gasteiger partial charge < -0.3 is 12.4 Å². The average molecular weight is 309 g/mol. The third kappa shape index (κ3) is 2.16. The molecule has 13 heavy (non-hydrogen) atoms. The summed E-state index contributed by atoms with van der Waals surface area (Å²) < 4.78 is 2.62. The van der Waals surface area contributed by atoms with Crippen LogP contribution in [0.5, 0.6) is 0 Å². The Kier molecular flexibility index (Phi) is 3.61. The summed E-state index contributed by atoms with van der Waals surface area (Å²) in [5, 5.41) is 10.3. The Morgan fingerprint density at radius 1 is 1.23 bits per heavy atom. The third-order valence-corrected chi connectivity index (χ3v) is 2.17. The molecule has 1 N–H and O–H groups in total. The SMILES string of the molecule is Ic1nn[nH][n+]1-c1ccccc1.[Cl-]. The fourth-order valence-electron chi connectivity index (χ4n) is 0.936. The summed E-state index contributed by atoms with van der Waals surface area (Å²) >= 11 is 2.12. The van der Waals surface area contributed by atoms with E-state index in [4.69, 9.17) is 0 Å². The maximum absolute atomic E-state index is 3.84. The molecule has 0 aliphatic carbocycles. The van der Waals surface area contributed by atoms with Gasteiger partial charge in [0, 0.05) is 22.6 Å². The standard InChI is InChI=1S/C7H5IN4.ClH/c8-7-9-10-11-12(7)6-4-2-1-3-5-6;/h1-5H;1H. The fourth-order valence-corrected chi connectivity index (χ4v) is 1.43. The second kappa shape index (κ2) is 4.52. The van der Waals surface area contributed by atoms with E-state index in [9.17, 15) is 0 Å². The second-order valence-electron chi connectivity index (χ2n) is 2.24. The van der Waals surface area contributed by atoms with Crippen LogP contribution in [0, 0.1) is 3.83 Å². The molecular formula is C7H6ClIN4. The van der Waals surface area contributed by atoms with Crippen molar-refractivity contribution in [3.63, 3.8) is 0 Å². The van der Waals surface area contributed by atoms with E-state index in [0.717, 1.165) is 9.52 Å². The van der Waals surface area contributed by atoms with E-state index in [1.54, 1.807) is 4.68 Å². The van der Waals surface area contributed by atoms with Crippen molar-refractivity contribution in [3.05, 3.63) is 34.2 Å². The predicted molar refractivity (Wildman–Crippen MR) is 50.6 cm³/mol. The van der Waals surface area contributed by atoms with Crippen molar-refractivity contribution in [1.29, 1.82) is 0 Å². The molecule has 0 aliphatic heterocycles. The molecule has 0 saturated heterocycles. The molecule has 0 amide bonds. The first-order chi connectivity index (χ1) is 5.88. The number of rotatable bonds is 1. The number of aromatic amines is 1. The van der Waals surface area contributed by atoms with Crippen LogP contribution in [0.25, 0.3) is 5.69 Å². The van der Waals surface area contributed by atoms with Gasteiger partial charge in [-0.25, -0.2) is 0 Å². The quantitative estimate of drug-likeness (QED) is 0.475. The number of H-pyrrole nitrogens is 1.